The summed E-state index contributed by atoms with van der Waals surface area (Å²) in [5.41, 5.74) is 0. The maximum atomic E-state index is 11.5. The van der Waals surface area contributed by atoms with E-state index in [2.05, 4.69) is 13.8 Å². The Morgan fingerprint density at radius 3 is 1.52 bits per heavy atom. The maximum Gasteiger partial charge on any atom is 1.00 e. The molecule has 27 heavy (non-hydrogen) atoms. The molecular weight excluding hydrogens is 371 g/mol. The second kappa shape index (κ2) is 20.2. The summed E-state index contributed by atoms with van der Waals surface area (Å²) in [5, 5.41) is 9.21. The topological polar surface area (TPSA) is 77.4 Å². The number of aliphatic hydroxyl groups is 1. The third-order valence-electron chi connectivity index (χ3n) is 5.25. The fraction of sp³-hybridized carbons (Fsp3) is 1.00. The molecule has 2 atom stereocenters. The summed E-state index contributed by atoms with van der Waals surface area (Å²) >= 11 is 0. The Hall–Kier alpha value is 0.870. The van der Waals surface area contributed by atoms with Gasteiger partial charge in [0.2, 0.25) is 0 Å². The average Bonchev–Trinajstić information content (AvgIpc) is 2.58. The van der Waals surface area contributed by atoms with Crippen LogP contribution in [0.5, 0.6) is 0 Å². The van der Waals surface area contributed by atoms with E-state index in [-0.39, 0.29) is 29.6 Å². The van der Waals surface area contributed by atoms with Crippen LogP contribution in [-0.4, -0.2) is 29.4 Å². The van der Waals surface area contributed by atoms with Gasteiger partial charge in [0.25, 0.3) is 0 Å². The summed E-state index contributed by atoms with van der Waals surface area (Å²) < 4.78 is 34.4. The molecule has 1 N–H and O–H groups in total. The fourth-order valence-electron chi connectivity index (χ4n) is 3.45. The van der Waals surface area contributed by atoms with Crippen molar-refractivity contribution >= 4 is 10.1 Å². The quantitative estimate of drug-likeness (QED) is 0.200. The van der Waals surface area contributed by atoms with E-state index in [0.29, 0.717) is 25.7 Å². The Morgan fingerprint density at radius 1 is 0.667 bits per heavy atom. The summed E-state index contributed by atoms with van der Waals surface area (Å²) in [5.74, 6) is 0. The Labute approximate surface area is 191 Å². The molecule has 0 rings (SSSR count). The molecule has 0 spiro atoms. The van der Waals surface area contributed by atoms with Crippen molar-refractivity contribution in [2.24, 2.45) is 0 Å². The predicted molar refractivity (Wildman–Crippen MR) is 109 cm³/mol. The average molecular weight is 415 g/mol. The number of aliphatic hydroxyl groups excluding tert-OH is 1. The largest absolute Gasteiger partial charge is 1.00 e. The monoisotopic (exact) mass is 414 g/mol. The molecule has 4 nitrogen and oxygen atoms in total. The summed E-state index contributed by atoms with van der Waals surface area (Å²) in [7, 11) is -4.26. The van der Waals surface area contributed by atoms with Gasteiger partial charge < -0.3 is 9.66 Å². The van der Waals surface area contributed by atoms with E-state index >= 15 is 0 Å². The first-order chi connectivity index (χ1) is 12.4. The molecule has 0 saturated carbocycles. The van der Waals surface area contributed by atoms with Crippen molar-refractivity contribution < 1.29 is 47.6 Å². The number of hydrogen-bond donors (Lipinski definition) is 1. The minimum absolute atomic E-state index is 0. The molecule has 0 aliphatic rings. The van der Waals surface area contributed by atoms with Crippen LogP contribution in [0, 0.1) is 0 Å². The van der Waals surface area contributed by atoms with Gasteiger partial charge in [0.05, 0.1) is 16.2 Å². The first-order valence-electron chi connectivity index (χ1n) is 11.0. The molecule has 6 heteroatoms. The fourth-order valence-corrected chi connectivity index (χ4v) is 4.33. The van der Waals surface area contributed by atoms with Crippen molar-refractivity contribution in [3.05, 3.63) is 0 Å². The van der Waals surface area contributed by atoms with Gasteiger partial charge in [0.1, 0.15) is 0 Å². The van der Waals surface area contributed by atoms with Crippen molar-refractivity contribution in [3.63, 3.8) is 0 Å². The molecule has 0 bridgehead atoms. The first-order valence-corrected chi connectivity index (χ1v) is 12.5. The van der Waals surface area contributed by atoms with Crippen LogP contribution in [0.2, 0.25) is 0 Å². The molecule has 0 aromatic heterocycles. The van der Waals surface area contributed by atoms with Gasteiger partial charge in [-0.3, -0.25) is 0 Å². The maximum absolute atomic E-state index is 11.5. The minimum Gasteiger partial charge on any atom is -0.748 e. The molecule has 0 aromatic carbocycles. The van der Waals surface area contributed by atoms with E-state index in [0.717, 1.165) is 32.1 Å². The van der Waals surface area contributed by atoms with Gasteiger partial charge in [-0.15, -0.1) is 0 Å². The Bertz CT molecular complexity index is 401. The molecule has 0 saturated heterocycles. The normalized spacial score (nSPS) is 13.9. The van der Waals surface area contributed by atoms with Crippen LogP contribution in [-0.2, 0) is 10.1 Å². The van der Waals surface area contributed by atoms with E-state index in [9.17, 15) is 18.1 Å². The molecule has 0 amide bonds. The van der Waals surface area contributed by atoms with E-state index < -0.39 is 21.5 Å². The minimum atomic E-state index is -4.26. The summed E-state index contributed by atoms with van der Waals surface area (Å²) in [4.78, 5) is 0. The van der Waals surface area contributed by atoms with Crippen LogP contribution in [0.25, 0.3) is 0 Å². The molecule has 0 fully saturated rings. The Morgan fingerprint density at radius 2 is 1.07 bits per heavy atom. The molecular formula is C21H43NaO4S. The summed E-state index contributed by atoms with van der Waals surface area (Å²) in [6.45, 7) is 4.37. The van der Waals surface area contributed by atoms with Gasteiger partial charge in [0.15, 0.2) is 0 Å². The predicted octanol–water partition coefficient (Wildman–Crippen LogP) is 2.94. The van der Waals surface area contributed by atoms with Gasteiger partial charge in [-0.1, -0.05) is 97.3 Å². The summed E-state index contributed by atoms with van der Waals surface area (Å²) in [6, 6.07) is 0. The van der Waals surface area contributed by atoms with Gasteiger partial charge in [-0.2, -0.15) is 0 Å². The molecule has 0 heterocycles. The zero-order valence-electron chi connectivity index (χ0n) is 18.3. The molecule has 158 valence electrons. The van der Waals surface area contributed by atoms with Crippen molar-refractivity contribution in [1.29, 1.82) is 0 Å². The number of unbranched alkanes of at least 4 members (excludes halogenated alkanes) is 11. The van der Waals surface area contributed by atoms with Crippen molar-refractivity contribution in [2.75, 3.05) is 0 Å². The number of hydrogen-bond acceptors (Lipinski definition) is 4. The number of rotatable bonds is 19. The molecule has 0 aliphatic carbocycles. The molecule has 0 radical (unpaired) electrons. The zero-order valence-corrected chi connectivity index (χ0v) is 21.1. The van der Waals surface area contributed by atoms with Gasteiger partial charge >= 0.3 is 29.6 Å². The van der Waals surface area contributed by atoms with Gasteiger partial charge in [0, 0.05) is 5.25 Å². The first kappa shape index (κ1) is 30.1. The van der Waals surface area contributed by atoms with Crippen LogP contribution < -0.4 is 29.6 Å². The van der Waals surface area contributed by atoms with Crippen LogP contribution >= 0.6 is 0 Å². The Balaban J connectivity index is 0. The van der Waals surface area contributed by atoms with Crippen molar-refractivity contribution in [1.82, 2.24) is 0 Å². The SMILES string of the molecule is CCCCCCCCCCC(CCC(O)CCCCCCC)S(=O)(=O)[O-].[Na+]. The molecule has 0 aromatic rings. The zero-order chi connectivity index (χ0) is 19.7. The van der Waals surface area contributed by atoms with Gasteiger partial charge in [-0.25, -0.2) is 8.42 Å². The Kier molecular flexibility index (Phi) is 22.4. The van der Waals surface area contributed by atoms with E-state index in [1.165, 1.54) is 51.4 Å². The van der Waals surface area contributed by atoms with Crippen LogP contribution in [0.4, 0.5) is 0 Å². The third kappa shape index (κ3) is 19.9. The molecule has 2 unspecified atom stereocenters. The smallest absolute Gasteiger partial charge is 0.748 e. The standard InChI is InChI=1S/C21H44O4S.Na/c1-3-5-7-9-10-11-13-15-17-21(26(23,24)25)19-18-20(22)16-14-12-8-6-4-2;/h20-22H,3-19H2,1-2H3,(H,23,24,25);/q;+1/p-1. The second-order valence-electron chi connectivity index (χ2n) is 7.81. The molecule has 0 aliphatic heterocycles. The van der Waals surface area contributed by atoms with E-state index in [1.807, 2.05) is 0 Å². The van der Waals surface area contributed by atoms with Crippen molar-refractivity contribution in [3.8, 4) is 0 Å². The summed E-state index contributed by atoms with van der Waals surface area (Å²) in [6.07, 6.45) is 16.3. The van der Waals surface area contributed by atoms with E-state index in [1.54, 1.807) is 0 Å². The van der Waals surface area contributed by atoms with Crippen LogP contribution in [0.15, 0.2) is 0 Å². The second-order valence-corrected chi connectivity index (χ2v) is 9.46. The van der Waals surface area contributed by atoms with Crippen LogP contribution in [0.1, 0.15) is 123 Å². The van der Waals surface area contributed by atoms with Crippen LogP contribution in [0.3, 0.4) is 0 Å². The van der Waals surface area contributed by atoms with E-state index in [4.69, 9.17) is 0 Å². The van der Waals surface area contributed by atoms with Gasteiger partial charge in [-0.05, 0) is 25.7 Å². The third-order valence-corrected chi connectivity index (χ3v) is 6.54. The van der Waals surface area contributed by atoms with Crippen molar-refractivity contribution in [2.45, 2.75) is 134 Å².